The lowest BCUT2D eigenvalue weighted by molar-refractivity contribution is 0.249. The van der Waals surface area contributed by atoms with Gasteiger partial charge in [0.25, 0.3) is 7.11 Å². The second-order valence-corrected chi connectivity index (χ2v) is 2.72. The zero-order valence-corrected chi connectivity index (χ0v) is 6.99. The van der Waals surface area contributed by atoms with Gasteiger partial charge in [-0.3, -0.25) is 4.74 Å². The Bertz CT molecular complexity index is 108. The molecule has 0 atom stereocenters. The topological polar surface area (TPSA) is 11.3 Å². The maximum absolute atomic E-state index is 5.15. The summed E-state index contributed by atoms with van der Waals surface area (Å²) < 4.78 is 5.15. The predicted molar refractivity (Wildman–Crippen MR) is 40.2 cm³/mol. The largest absolute Gasteiger partial charge is 0.320 e. The molecule has 0 aromatic carbocycles. The maximum atomic E-state index is 5.15. The van der Waals surface area contributed by atoms with Gasteiger partial charge < -0.3 is 0 Å². The van der Waals surface area contributed by atoms with E-state index in [1.165, 1.54) is 5.57 Å². The van der Waals surface area contributed by atoms with Crippen molar-refractivity contribution in [2.75, 3.05) is 7.11 Å². The molecule has 0 heterocycles. The number of hydrogen-bond donors (Lipinski definition) is 0. The Morgan fingerprint density at radius 2 is 1.67 bits per heavy atom. The van der Waals surface area contributed by atoms with Crippen LogP contribution >= 0.6 is 0 Å². The quantitative estimate of drug-likeness (QED) is 0.411. The van der Waals surface area contributed by atoms with Crippen LogP contribution in [0.5, 0.6) is 0 Å². The molecule has 1 nitrogen and oxygen atoms in total. The van der Waals surface area contributed by atoms with Crippen LogP contribution in [0.2, 0.25) is 0 Å². The molecule has 0 bridgehead atoms. The molecule has 1 heteroatoms. The molecule has 0 fully saturated rings. The Balaban J connectivity index is 4.16. The van der Waals surface area contributed by atoms with Crippen LogP contribution in [0.3, 0.4) is 0 Å². The maximum Gasteiger partial charge on any atom is 0.320 e. The number of hydrogen-bond acceptors (Lipinski definition) is 1. The van der Waals surface area contributed by atoms with Crippen molar-refractivity contribution in [1.29, 1.82) is 0 Å². The molecule has 0 spiro atoms. The van der Waals surface area contributed by atoms with Gasteiger partial charge in [-0.05, 0) is 13.8 Å². The molecule has 53 valence electrons. The van der Waals surface area contributed by atoms with Gasteiger partial charge in [0, 0.05) is 5.57 Å². The first kappa shape index (κ1) is 8.54. The molecule has 9 heavy (non-hydrogen) atoms. The zero-order chi connectivity index (χ0) is 7.44. The second kappa shape index (κ2) is 3.54. The average Bonchev–Trinajstić information content (AvgIpc) is 1.64. The summed E-state index contributed by atoms with van der Waals surface area (Å²) in [6, 6.07) is 0. The van der Waals surface area contributed by atoms with E-state index in [1.807, 2.05) is 0 Å². The summed E-state index contributed by atoms with van der Waals surface area (Å²) in [7, 11) is 1.72. The smallest absolute Gasteiger partial charge is 0.262 e. The molecule has 0 aliphatic rings. The van der Waals surface area contributed by atoms with Crippen LogP contribution in [-0.2, 0) is 4.74 Å². The van der Waals surface area contributed by atoms with Crippen LogP contribution in [0.1, 0.15) is 27.7 Å². The van der Waals surface area contributed by atoms with Crippen molar-refractivity contribution >= 4 is 0 Å². The van der Waals surface area contributed by atoms with Crippen molar-refractivity contribution in [2.45, 2.75) is 27.7 Å². The van der Waals surface area contributed by atoms with Crippen molar-refractivity contribution in [3.63, 3.8) is 0 Å². The molecule has 0 aliphatic carbocycles. The van der Waals surface area contributed by atoms with Gasteiger partial charge in [0.2, 0.25) is 0 Å². The van der Waals surface area contributed by atoms with Crippen molar-refractivity contribution < 1.29 is 4.74 Å². The Morgan fingerprint density at radius 3 is 1.67 bits per heavy atom. The lowest BCUT2D eigenvalue weighted by Crippen LogP contribution is -1.98. The van der Waals surface area contributed by atoms with Crippen molar-refractivity contribution in [1.82, 2.24) is 0 Å². The third kappa shape index (κ3) is 2.54. The Labute approximate surface area is 57.7 Å². The molecule has 0 rings (SSSR count). The SMILES string of the molecule is C[O+]C(=C(C)C)C(C)C. The molecule has 0 aromatic rings. The van der Waals surface area contributed by atoms with Crippen LogP contribution in [0.25, 0.3) is 0 Å². The minimum Gasteiger partial charge on any atom is -0.262 e. The molecule has 0 amide bonds. The molecular formula is C8H16O+. The fourth-order valence-electron chi connectivity index (χ4n) is 1.02. The monoisotopic (exact) mass is 128 g/mol. The first-order valence-corrected chi connectivity index (χ1v) is 3.31. The molecule has 0 unspecified atom stereocenters. The van der Waals surface area contributed by atoms with Crippen LogP contribution < -0.4 is 0 Å². The molecule has 0 saturated carbocycles. The van der Waals surface area contributed by atoms with E-state index in [-0.39, 0.29) is 0 Å². The van der Waals surface area contributed by atoms with Gasteiger partial charge in [-0.1, -0.05) is 13.8 Å². The number of rotatable bonds is 2. The van der Waals surface area contributed by atoms with Crippen LogP contribution in [0, 0.1) is 5.92 Å². The van der Waals surface area contributed by atoms with E-state index >= 15 is 0 Å². The fraction of sp³-hybridized carbons (Fsp3) is 0.750. The standard InChI is InChI=1S/C8H16O/c1-6(2)8(9-5)7(3)4/h6H,1-5H3/q+1. The van der Waals surface area contributed by atoms with E-state index in [1.54, 1.807) is 7.11 Å². The summed E-state index contributed by atoms with van der Waals surface area (Å²) in [5.74, 6) is 1.62. The van der Waals surface area contributed by atoms with Crippen molar-refractivity contribution in [3.05, 3.63) is 11.3 Å². The van der Waals surface area contributed by atoms with Gasteiger partial charge in [-0.2, -0.15) is 0 Å². The van der Waals surface area contributed by atoms with Crippen LogP contribution in [0.4, 0.5) is 0 Å². The van der Waals surface area contributed by atoms with Gasteiger partial charge in [0.05, 0.1) is 5.92 Å². The molecular weight excluding hydrogens is 112 g/mol. The highest BCUT2D eigenvalue weighted by atomic mass is 16.5. The molecule has 0 saturated heterocycles. The Kier molecular flexibility index (Phi) is 3.36. The minimum atomic E-state index is 0.514. The summed E-state index contributed by atoms with van der Waals surface area (Å²) >= 11 is 0. The molecule has 1 radical (unpaired) electrons. The Morgan fingerprint density at radius 1 is 1.22 bits per heavy atom. The molecule has 0 N–H and O–H groups in total. The van der Waals surface area contributed by atoms with E-state index in [0.717, 1.165) is 5.76 Å². The summed E-state index contributed by atoms with van der Waals surface area (Å²) in [5, 5.41) is 0. The zero-order valence-electron chi connectivity index (χ0n) is 6.99. The number of methoxy groups -OCH3 is 1. The second-order valence-electron chi connectivity index (χ2n) is 2.72. The summed E-state index contributed by atoms with van der Waals surface area (Å²) in [5.41, 5.74) is 1.27. The summed E-state index contributed by atoms with van der Waals surface area (Å²) in [6.07, 6.45) is 0. The van der Waals surface area contributed by atoms with Crippen molar-refractivity contribution in [2.24, 2.45) is 5.92 Å². The van der Waals surface area contributed by atoms with Gasteiger partial charge in [0.1, 0.15) is 0 Å². The molecule has 0 aliphatic heterocycles. The van der Waals surface area contributed by atoms with E-state index < -0.39 is 0 Å². The first-order valence-electron chi connectivity index (χ1n) is 3.31. The lowest BCUT2D eigenvalue weighted by atomic mass is 10.1. The van der Waals surface area contributed by atoms with E-state index in [9.17, 15) is 0 Å². The van der Waals surface area contributed by atoms with Gasteiger partial charge in [-0.15, -0.1) is 0 Å². The predicted octanol–water partition coefficient (Wildman–Crippen LogP) is 2.58. The highest BCUT2D eigenvalue weighted by Gasteiger charge is 2.14. The molecule has 0 aromatic heterocycles. The summed E-state index contributed by atoms with van der Waals surface area (Å²) in [6.45, 7) is 8.40. The van der Waals surface area contributed by atoms with Crippen LogP contribution in [-0.4, -0.2) is 7.11 Å². The van der Waals surface area contributed by atoms with Gasteiger partial charge >= 0.3 is 5.76 Å². The van der Waals surface area contributed by atoms with Crippen molar-refractivity contribution in [3.8, 4) is 0 Å². The van der Waals surface area contributed by atoms with Gasteiger partial charge in [0.15, 0.2) is 0 Å². The minimum absolute atomic E-state index is 0.514. The highest BCUT2D eigenvalue weighted by Crippen LogP contribution is 2.13. The third-order valence-corrected chi connectivity index (χ3v) is 1.24. The lowest BCUT2D eigenvalue weighted by Gasteiger charge is -1.98. The average molecular weight is 128 g/mol. The summed E-state index contributed by atoms with van der Waals surface area (Å²) in [4.78, 5) is 0. The first-order chi connectivity index (χ1) is 4.09. The highest BCUT2D eigenvalue weighted by molar-refractivity contribution is 5.04. The van der Waals surface area contributed by atoms with Crippen LogP contribution in [0.15, 0.2) is 11.3 Å². The van der Waals surface area contributed by atoms with E-state index in [0.29, 0.717) is 5.92 Å². The normalized spacial score (nSPS) is 9.56. The third-order valence-electron chi connectivity index (χ3n) is 1.24. The van der Waals surface area contributed by atoms with Gasteiger partial charge in [-0.25, -0.2) is 0 Å². The van der Waals surface area contributed by atoms with E-state index in [2.05, 4.69) is 27.7 Å². The number of ether oxygens (including phenoxy) is 1. The number of allylic oxidation sites excluding steroid dienone is 2. The van der Waals surface area contributed by atoms with E-state index in [4.69, 9.17) is 4.74 Å². The Hall–Kier alpha value is -0.460. The fourth-order valence-corrected chi connectivity index (χ4v) is 1.02.